The molecule has 0 N–H and O–H groups in total. The van der Waals surface area contributed by atoms with Crippen molar-refractivity contribution in [1.82, 2.24) is 0 Å². The van der Waals surface area contributed by atoms with E-state index in [0.717, 1.165) is 9.52 Å². The van der Waals surface area contributed by atoms with Crippen molar-refractivity contribution in [2.75, 3.05) is 0 Å². The van der Waals surface area contributed by atoms with Crippen molar-refractivity contribution in [3.63, 3.8) is 0 Å². The standard InChI is InChI=1S/C48H42S2Si.2ClH.Zr/c1-29-19-21-45(49-29)39-25-41-37(23-33-15-9-17-35(33)47(41)31-11-5-3-6-12-31)43(39)27-51-28-44-38-24-34-16-10-18-36(34)48(32-13-7-4-8-14-32)42(38)26-40(44)46-22-20-30(2)50-46;;;/h3-8,11-14,19-26,43-44H,9-10,15-18,27-28H2,1-2H3;2*1H;/q;;;+2/p-2. The minimum atomic E-state index is -0.826. The molecule has 6 heteroatoms. The maximum absolute atomic E-state index is 4.93. The molecule has 2 heterocycles. The number of thiophene rings is 2. The number of hydrogen-bond donors (Lipinski definition) is 0. The Balaban J connectivity index is 0.00000124. The first-order chi connectivity index (χ1) is 26.5. The summed E-state index contributed by atoms with van der Waals surface area (Å²) >= 11 is 3.13. The van der Waals surface area contributed by atoms with Crippen LogP contribution in [0.25, 0.3) is 45.6 Å². The molecule has 0 aliphatic heterocycles. The van der Waals surface area contributed by atoms with E-state index in [4.69, 9.17) is 17.0 Å². The Morgan fingerprint density at radius 1 is 0.593 bits per heavy atom. The molecule has 0 spiro atoms. The van der Waals surface area contributed by atoms with Gasteiger partial charge in [-0.3, -0.25) is 0 Å². The van der Waals surface area contributed by atoms with E-state index >= 15 is 0 Å². The summed E-state index contributed by atoms with van der Waals surface area (Å²) in [6.07, 6.45) is 12.6. The van der Waals surface area contributed by atoms with Crippen molar-refractivity contribution in [2.24, 2.45) is 0 Å². The fraction of sp³-hybridized carbons (Fsp3) is 0.250. The van der Waals surface area contributed by atoms with Gasteiger partial charge in [-0.25, -0.2) is 0 Å². The summed E-state index contributed by atoms with van der Waals surface area (Å²) in [5, 5.41) is 0. The normalized spacial score (nSPS) is 17.6. The quantitative estimate of drug-likeness (QED) is 0.134. The van der Waals surface area contributed by atoms with Crippen molar-refractivity contribution in [3.05, 3.63) is 161 Å². The van der Waals surface area contributed by atoms with E-state index < -0.39 is 20.8 Å². The van der Waals surface area contributed by atoms with Gasteiger partial charge in [-0.1, -0.05) is 84.9 Å². The van der Waals surface area contributed by atoms with Crippen LogP contribution in [0.3, 0.4) is 0 Å². The number of aryl methyl sites for hydroxylation is 4. The number of allylic oxidation sites excluding steroid dienone is 2. The van der Waals surface area contributed by atoms with E-state index in [-0.39, 0.29) is 0 Å². The van der Waals surface area contributed by atoms with Crippen LogP contribution in [0.1, 0.15) is 88.7 Å². The van der Waals surface area contributed by atoms with Gasteiger partial charge in [0.15, 0.2) is 0 Å². The van der Waals surface area contributed by atoms with E-state index in [2.05, 4.69) is 123 Å². The topological polar surface area (TPSA) is 0 Å². The van der Waals surface area contributed by atoms with Crippen LogP contribution in [-0.4, -0.2) is 9.52 Å². The summed E-state index contributed by atoms with van der Waals surface area (Å²) in [6.45, 7) is 4.52. The van der Waals surface area contributed by atoms with Crippen LogP contribution in [0.2, 0.25) is 12.1 Å². The third-order valence-electron chi connectivity index (χ3n) is 11.9. The molecule has 4 aliphatic rings. The van der Waals surface area contributed by atoms with Crippen LogP contribution in [-0.2, 0) is 46.5 Å². The second-order valence-corrected chi connectivity index (χ2v) is 22.7. The van der Waals surface area contributed by atoms with Crippen LogP contribution in [0.4, 0.5) is 0 Å². The van der Waals surface area contributed by atoms with Crippen molar-refractivity contribution in [2.45, 2.75) is 76.3 Å². The van der Waals surface area contributed by atoms with Gasteiger partial charge in [0.25, 0.3) is 0 Å². The van der Waals surface area contributed by atoms with E-state index in [1.165, 1.54) is 104 Å². The third kappa shape index (κ3) is 6.92. The monoisotopic (exact) mass is 870 g/mol. The zero-order chi connectivity index (χ0) is 36.8. The van der Waals surface area contributed by atoms with Crippen LogP contribution >= 0.6 is 39.7 Å². The molecule has 0 fully saturated rings. The average molecular weight is 873 g/mol. The molecule has 0 saturated heterocycles. The molecule has 2 aromatic heterocycles. The van der Waals surface area contributed by atoms with Crippen molar-refractivity contribution >= 4 is 72.5 Å². The van der Waals surface area contributed by atoms with Gasteiger partial charge < -0.3 is 0 Å². The Kier molecular flexibility index (Phi) is 11.1. The van der Waals surface area contributed by atoms with Crippen molar-refractivity contribution < 1.29 is 20.8 Å². The summed E-state index contributed by atoms with van der Waals surface area (Å²) in [6, 6.07) is 39.7. The molecular weight excluding hydrogens is 831 g/mol. The van der Waals surface area contributed by atoms with E-state index in [9.17, 15) is 0 Å². The fourth-order valence-corrected chi connectivity index (χ4v) is 13.1. The van der Waals surface area contributed by atoms with Gasteiger partial charge in [0, 0.05) is 40.9 Å². The molecule has 0 amide bonds. The Labute approximate surface area is 349 Å². The van der Waals surface area contributed by atoms with Crippen LogP contribution in [0, 0.1) is 13.8 Å². The minimum absolute atomic E-state index is 0.446. The first-order valence-electron chi connectivity index (χ1n) is 19.2. The number of rotatable bonds is 8. The number of benzene rings is 4. The zero-order valence-corrected chi connectivity index (χ0v) is 37.4. The third-order valence-corrected chi connectivity index (χ3v) is 15.4. The summed E-state index contributed by atoms with van der Waals surface area (Å²) < 4.78 is 0. The molecule has 0 nitrogen and oxygen atoms in total. The Hall–Kier alpha value is -2.56. The van der Waals surface area contributed by atoms with Crippen LogP contribution in [0.5, 0.6) is 0 Å². The molecule has 6 aromatic rings. The molecule has 268 valence electrons. The molecule has 0 saturated carbocycles. The SMILES string of the molecule is Cc1ccc(C2=Cc3c(cc4c(c3-c3ccccc3)CCC4)C2C[Si]CC2C(c3ccc(C)s3)=Cc3c2cc2c(c3-c3ccccc3)CCC2)s1.[Cl][Zr][Cl]. The summed E-state index contributed by atoms with van der Waals surface area (Å²) in [5.74, 6) is 0.892. The number of fused-ring (bicyclic) bond motifs is 4. The summed E-state index contributed by atoms with van der Waals surface area (Å²) in [5.41, 5.74) is 21.5. The van der Waals surface area contributed by atoms with E-state index in [0.29, 0.717) is 11.8 Å². The molecule has 2 unspecified atom stereocenters. The zero-order valence-electron chi connectivity index (χ0n) is 30.8. The van der Waals surface area contributed by atoms with Gasteiger partial charge in [0.1, 0.15) is 0 Å². The molecular formula is C48H42Cl2S2SiZr. The Morgan fingerprint density at radius 3 is 1.41 bits per heavy atom. The summed E-state index contributed by atoms with van der Waals surface area (Å²) in [7, 11) is 10.7. The van der Waals surface area contributed by atoms with Crippen LogP contribution < -0.4 is 0 Å². The van der Waals surface area contributed by atoms with E-state index in [1.807, 2.05) is 22.7 Å². The average Bonchev–Trinajstić information content (AvgIpc) is 4.05. The molecule has 0 bridgehead atoms. The molecule has 4 aromatic carbocycles. The molecule has 54 heavy (non-hydrogen) atoms. The fourth-order valence-electron chi connectivity index (χ4n) is 9.65. The van der Waals surface area contributed by atoms with Gasteiger partial charge in [0.05, 0.1) is 0 Å². The molecule has 10 rings (SSSR count). The first-order valence-corrected chi connectivity index (χ1v) is 28.6. The van der Waals surface area contributed by atoms with E-state index in [1.54, 1.807) is 44.5 Å². The van der Waals surface area contributed by atoms with Gasteiger partial charge in [0.2, 0.25) is 0 Å². The van der Waals surface area contributed by atoms with Crippen molar-refractivity contribution in [3.8, 4) is 22.3 Å². The Bertz CT molecular complexity index is 2240. The second-order valence-electron chi connectivity index (χ2n) is 15.1. The van der Waals surface area contributed by atoms with Gasteiger partial charge in [-0.05, 0) is 167 Å². The van der Waals surface area contributed by atoms with Gasteiger partial charge in [-0.2, -0.15) is 0 Å². The Morgan fingerprint density at radius 2 is 1.02 bits per heavy atom. The maximum atomic E-state index is 4.93. The predicted molar refractivity (Wildman–Crippen MR) is 234 cm³/mol. The molecule has 2 radical (unpaired) electrons. The second kappa shape index (κ2) is 16.1. The molecule has 4 aliphatic carbocycles. The molecule has 2 atom stereocenters. The first kappa shape index (κ1) is 37.0. The van der Waals surface area contributed by atoms with Gasteiger partial charge >= 0.3 is 37.9 Å². The van der Waals surface area contributed by atoms with Crippen LogP contribution in [0.15, 0.2) is 97.1 Å². The predicted octanol–water partition coefficient (Wildman–Crippen LogP) is 14.6. The van der Waals surface area contributed by atoms with Crippen molar-refractivity contribution in [1.29, 1.82) is 0 Å². The number of halogens is 2. The number of hydrogen-bond acceptors (Lipinski definition) is 2. The summed E-state index contributed by atoms with van der Waals surface area (Å²) in [4.78, 5) is 5.72. The van der Waals surface area contributed by atoms with Gasteiger partial charge in [-0.15, -0.1) is 22.7 Å².